The molecule has 1 aliphatic rings. The van der Waals surface area contributed by atoms with Crippen molar-refractivity contribution in [2.75, 3.05) is 35.9 Å². The van der Waals surface area contributed by atoms with E-state index >= 15 is 0 Å². The van der Waals surface area contributed by atoms with Gasteiger partial charge >= 0.3 is 5.91 Å². The Morgan fingerprint density at radius 2 is 1.63 bits per heavy atom. The molecule has 0 saturated heterocycles. The van der Waals surface area contributed by atoms with Gasteiger partial charge in [0.15, 0.2) is 0 Å². The maximum atomic E-state index is 13.5. The van der Waals surface area contributed by atoms with Gasteiger partial charge in [0.25, 0.3) is 18.2 Å². The highest BCUT2D eigenvalue weighted by Gasteiger charge is 2.38. The molecule has 7 N–H and O–H groups in total. The molecular weight excluding hydrogens is 634 g/mol. The number of aromatic nitrogens is 2. The number of aryl methyl sites for hydroxylation is 2. The molecule has 0 saturated carbocycles. The number of nitrogens with one attached hydrogen (secondary N) is 4. The summed E-state index contributed by atoms with van der Waals surface area (Å²) in [5, 5.41) is 19.7. The Morgan fingerprint density at radius 3 is 2.22 bits per heavy atom. The number of benzene rings is 1. The number of allylic oxidation sites excluding steroid dienone is 2. The van der Waals surface area contributed by atoms with Crippen LogP contribution >= 0.6 is 23.4 Å². The zero-order valence-electron chi connectivity index (χ0n) is 25.4. The van der Waals surface area contributed by atoms with Gasteiger partial charge in [0.2, 0.25) is 5.70 Å². The van der Waals surface area contributed by atoms with Gasteiger partial charge in [0, 0.05) is 67.6 Å². The number of rotatable bonds is 14. The molecule has 2 aromatic heterocycles. The lowest BCUT2D eigenvalue weighted by molar-refractivity contribution is -0.849. The number of halogens is 1. The number of carbonyl (C=O) groups is 4. The number of alkyl halides is 1. The number of carbonyl (C=O) groups excluding carboxylic acids is 4. The summed E-state index contributed by atoms with van der Waals surface area (Å²) in [6.45, 7) is 0.165. The number of quaternary nitrogens is 1. The molecular formula is C30H35ClN9O5S+. The number of anilines is 2. The maximum absolute atomic E-state index is 13.5. The molecule has 242 valence electrons. The van der Waals surface area contributed by atoms with E-state index in [1.165, 1.54) is 12.1 Å². The van der Waals surface area contributed by atoms with Gasteiger partial charge in [-0.15, -0.1) is 23.4 Å². The normalized spacial score (nSPS) is 16.0. The monoisotopic (exact) mass is 668 g/mol. The van der Waals surface area contributed by atoms with Crippen molar-refractivity contribution in [2.45, 2.75) is 11.3 Å². The van der Waals surface area contributed by atoms with Crippen LogP contribution in [-0.2, 0) is 23.7 Å². The average Bonchev–Trinajstić information content (AvgIpc) is 3.69. The van der Waals surface area contributed by atoms with Crippen LogP contribution < -0.4 is 27.1 Å². The van der Waals surface area contributed by atoms with Crippen molar-refractivity contribution in [3.63, 3.8) is 0 Å². The van der Waals surface area contributed by atoms with Gasteiger partial charge < -0.3 is 36.0 Å². The Kier molecular flexibility index (Phi) is 10.9. The average molecular weight is 669 g/mol. The topological polar surface area (TPSA) is 185 Å². The number of hydrogen-bond donors (Lipinski definition) is 6. The third-order valence-electron chi connectivity index (χ3n) is 7.06. The number of oxime groups is 1. The molecule has 1 aliphatic heterocycles. The van der Waals surface area contributed by atoms with Crippen molar-refractivity contribution in [1.29, 1.82) is 0 Å². The van der Waals surface area contributed by atoms with Crippen molar-refractivity contribution in [2.24, 2.45) is 25.0 Å². The van der Waals surface area contributed by atoms with Crippen LogP contribution in [0.4, 0.5) is 11.4 Å². The molecule has 46 heavy (non-hydrogen) atoms. The number of likely N-dealkylation sites (N-methyl/N-ethyl adjacent to an activating group) is 1. The molecule has 4 amide bonds. The summed E-state index contributed by atoms with van der Waals surface area (Å²) in [7, 11) is 4.99. The summed E-state index contributed by atoms with van der Waals surface area (Å²) in [5.41, 5.74) is 11.3. The lowest BCUT2D eigenvalue weighted by Crippen LogP contribution is -2.50. The van der Waals surface area contributed by atoms with Crippen molar-refractivity contribution in [3.05, 3.63) is 83.7 Å². The number of thioether (sulfide) groups is 1. The van der Waals surface area contributed by atoms with E-state index in [4.69, 9.17) is 22.5 Å². The highest BCUT2D eigenvalue weighted by Crippen LogP contribution is 2.32. The molecule has 0 radical (unpaired) electrons. The first-order valence-electron chi connectivity index (χ1n) is 14.0. The van der Waals surface area contributed by atoms with Crippen LogP contribution in [-0.4, -0.2) is 74.1 Å². The van der Waals surface area contributed by atoms with E-state index in [2.05, 4.69) is 26.5 Å². The van der Waals surface area contributed by atoms with Crippen LogP contribution in [0.1, 0.15) is 33.0 Å². The summed E-state index contributed by atoms with van der Waals surface area (Å²) in [6, 6.07) is 10.9. The molecule has 14 nitrogen and oxygen atoms in total. The second kappa shape index (κ2) is 14.9. The Morgan fingerprint density at radius 1 is 1.02 bits per heavy atom. The zero-order chi connectivity index (χ0) is 33.4. The minimum absolute atomic E-state index is 0.00959. The Labute approximate surface area is 274 Å². The molecule has 3 heterocycles. The summed E-state index contributed by atoms with van der Waals surface area (Å²) in [6.07, 6.45) is 7.36. The Bertz CT molecular complexity index is 1730. The minimum atomic E-state index is -0.472. The Balaban J connectivity index is 1.44. The fourth-order valence-corrected chi connectivity index (χ4v) is 5.64. The quantitative estimate of drug-likeness (QED) is 0.0223. The van der Waals surface area contributed by atoms with Gasteiger partial charge in [-0.3, -0.25) is 19.2 Å². The molecule has 1 atom stereocenters. The van der Waals surface area contributed by atoms with Crippen molar-refractivity contribution in [1.82, 2.24) is 19.9 Å². The summed E-state index contributed by atoms with van der Waals surface area (Å²) >= 11 is 7.43. The molecule has 1 unspecified atom stereocenters. The molecule has 0 fully saturated rings. The van der Waals surface area contributed by atoms with Crippen molar-refractivity contribution >= 4 is 70.3 Å². The van der Waals surface area contributed by atoms with Gasteiger partial charge in [0.1, 0.15) is 30.5 Å². The lowest BCUT2D eigenvalue weighted by atomic mass is 10.1. The van der Waals surface area contributed by atoms with E-state index in [0.717, 1.165) is 21.8 Å². The zero-order valence-corrected chi connectivity index (χ0v) is 27.0. The van der Waals surface area contributed by atoms with Gasteiger partial charge in [-0.1, -0.05) is 17.3 Å². The Hall–Kier alpha value is -4.99. The van der Waals surface area contributed by atoms with Gasteiger partial charge in [-0.05, 0) is 29.8 Å². The van der Waals surface area contributed by atoms with Crippen LogP contribution in [0.5, 0.6) is 0 Å². The predicted molar refractivity (Wildman–Crippen MR) is 177 cm³/mol. The van der Waals surface area contributed by atoms with Crippen molar-refractivity contribution in [3.8, 4) is 0 Å². The molecule has 4 rings (SSSR count). The molecule has 16 heteroatoms. The summed E-state index contributed by atoms with van der Waals surface area (Å²) in [4.78, 5) is 51.7. The smallest absolute Gasteiger partial charge is 0.312 e. The molecule has 3 aromatic rings. The second-order valence-electron chi connectivity index (χ2n) is 10.5. The third-order valence-corrected chi connectivity index (χ3v) is 8.49. The second-order valence-corrected chi connectivity index (χ2v) is 12.0. The first-order valence-corrected chi connectivity index (χ1v) is 15.5. The minimum Gasteiger partial charge on any atom is -0.409 e. The lowest BCUT2D eigenvalue weighted by Gasteiger charge is -2.25. The highest BCUT2D eigenvalue weighted by atomic mass is 35.5. The van der Waals surface area contributed by atoms with Crippen LogP contribution in [0.2, 0.25) is 0 Å². The third kappa shape index (κ3) is 7.99. The fourth-order valence-electron chi connectivity index (χ4n) is 4.77. The highest BCUT2D eigenvalue weighted by molar-refractivity contribution is 7.99. The molecule has 1 aromatic carbocycles. The maximum Gasteiger partial charge on any atom is 0.312 e. The SMILES string of the molecule is Cn1cc(NC(=O)c2cc(NC(=O)C3=CC(c4ccc(SCCCl)cc4)=C[N+]3(C)NC=O)cn2C)cc1C(=O)NCCC(N)=NO. The predicted octanol–water partition coefficient (Wildman–Crippen LogP) is 2.80. The molecule has 0 aliphatic carbocycles. The molecule has 0 spiro atoms. The largest absolute Gasteiger partial charge is 0.409 e. The van der Waals surface area contributed by atoms with Crippen LogP contribution in [0.15, 0.2) is 76.8 Å². The van der Waals surface area contributed by atoms with E-state index in [1.54, 1.807) is 66.7 Å². The standard InChI is InChI=1S/C30H34ClN9O5S/c1-38-15-21(13-24(38)28(42)33-10-8-27(32)37-45)35-29(43)25-14-22(16-39(25)2)36-30(44)26-12-20(17-40(26,3)34-18-41)19-4-6-23(7-5-19)46-11-9-31/h4-7,12-18H,8-11H2,1-3H3,(H6-,32,33,34,35,36,37,41,42,43,44,45)/p+1. The van der Waals surface area contributed by atoms with E-state index < -0.39 is 17.7 Å². The van der Waals surface area contributed by atoms with Crippen LogP contribution in [0, 0.1) is 0 Å². The summed E-state index contributed by atoms with van der Waals surface area (Å²) in [5.74, 6) is -0.00175. The van der Waals surface area contributed by atoms with Gasteiger partial charge in [0.05, 0.1) is 11.4 Å². The van der Waals surface area contributed by atoms with E-state index in [9.17, 15) is 19.2 Å². The number of amidine groups is 1. The van der Waals surface area contributed by atoms with E-state index in [1.807, 2.05) is 24.3 Å². The number of hydrogen-bond acceptors (Lipinski definition) is 7. The van der Waals surface area contributed by atoms with Crippen LogP contribution in [0.3, 0.4) is 0 Å². The molecule has 0 bridgehead atoms. The van der Waals surface area contributed by atoms with E-state index in [-0.39, 0.29) is 34.8 Å². The van der Waals surface area contributed by atoms with Gasteiger partial charge in [-0.2, -0.15) is 10.0 Å². The van der Waals surface area contributed by atoms with Crippen LogP contribution in [0.25, 0.3) is 5.57 Å². The number of nitrogens with zero attached hydrogens (tertiary/aromatic N) is 4. The number of nitrogens with two attached hydrogens (primary N) is 1. The first kappa shape index (κ1) is 33.9. The van der Waals surface area contributed by atoms with Gasteiger partial charge in [-0.25, -0.2) is 0 Å². The van der Waals surface area contributed by atoms with E-state index in [0.29, 0.717) is 29.4 Å². The fraction of sp³-hybridized carbons (Fsp3) is 0.233. The summed E-state index contributed by atoms with van der Waals surface area (Å²) < 4.78 is 2.85. The first-order chi connectivity index (χ1) is 22.0. The van der Waals surface area contributed by atoms with Crippen molar-refractivity contribution < 1.29 is 29.0 Å². The number of amides is 4.